The number of rotatable bonds is 8. The Morgan fingerprint density at radius 2 is 1.76 bits per heavy atom. The molecule has 0 atom stereocenters. The highest BCUT2D eigenvalue weighted by Crippen LogP contribution is 2.33. The summed E-state index contributed by atoms with van der Waals surface area (Å²) in [4.78, 5) is 4.30. The summed E-state index contributed by atoms with van der Waals surface area (Å²) in [5.74, 6) is 0. The summed E-state index contributed by atoms with van der Waals surface area (Å²) in [6, 6.07) is 21.3. The zero-order chi connectivity index (χ0) is 26.6. The van der Waals surface area contributed by atoms with Crippen molar-refractivity contribution >= 4 is 21.7 Å². The first-order chi connectivity index (χ1) is 17.8. The summed E-state index contributed by atoms with van der Waals surface area (Å²) in [6.07, 6.45) is 2.26. The molecule has 0 amide bonds. The first-order valence-electron chi connectivity index (χ1n) is 11.5. The summed E-state index contributed by atoms with van der Waals surface area (Å²) in [5.41, 5.74) is 5.81. The first kappa shape index (κ1) is 26.1. The predicted molar refractivity (Wildman–Crippen MR) is 140 cm³/mol. The maximum Gasteiger partial charge on any atom is 0.297 e. The summed E-state index contributed by atoms with van der Waals surface area (Å²) in [5, 5.41) is 19.3. The Morgan fingerprint density at radius 1 is 1.05 bits per heavy atom. The van der Waals surface area contributed by atoms with E-state index in [0.717, 1.165) is 28.1 Å². The van der Waals surface area contributed by atoms with E-state index in [4.69, 9.17) is 21.0 Å². The van der Waals surface area contributed by atoms with Crippen LogP contribution in [0.1, 0.15) is 40.6 Å². The van der Waals surface area contributed by atoms with Crippen molar-refractivity contribution in [3.63, 3.8) is 0 Å². The van der Waals surface area contributed by atoms with Crippen LogP contribution < -0.4 is 0 Å². The van der Waals surface area contributed by atoms with Crippen LogP contribution >= 0.6 is 11.6 Å². The van der Waals surface area contributed by atoms with Gasteiger partial charge in [0.05, 0.1) is 28.7 Å². The summed E-state index contributed by atoms with van der Waals surface area (Å²) in [7, 11) is -3.95. The Bertz CT molecular complexity index is 1630. The smallest absolute Gasteiger partial charge is 0.297 e. The first-order valence-corrected chi connectivity index (χ1v) is 13.3. The fourth-order valence-electron chi connectivity index (χ4n) is 4.27. The van der Waals surface area contributed by atoms with Gasteiger partial charge < -0.3 is 4.57 Å². The maximum atomic E-state index is 12.5. The molecule has 7 nitrogen and oxygen atoms in total. The lowest BCUT2D eigenvalue weighted by Gasteiger charge is -2.13. The molecule has 2 heterocycles. The number of benzene rings is 2. The molecule has 0 saturated heterocycles. The van der Waals surface area contributed by atoms with Gasteiger partial charge in [0.1, 0.15) is 11.2 Å². The van der Waals surface area contributed by atoms with Crippen LogP contribution in [0.25, 0.3) is 11.1 Å². The normalized spacial score (nSPS) is 11.2. The minimum Gasteiger partial charge on any atom is -0.342 e. The third kappa shape index (κ3) is 5.42. The van der Waals surface area contributed by atoms with Gasteiger partial charge in [0.15, 0.2) is 0 Å². The van der Waals surface area contributed by atoms with Gasteiger partial charge in [0, 0.05) is 35.3 Å². The van der Waals surface area contributed by atoms with Crippen LogP contribution in [0.5, 0.6) is 0 Å². The molecule has 9 heteroatoms. The van der Waals surface area contributed by atoms with Crippen LogP contribution in [0.3, 0.4) is 0 Å². The lowest BCUT2D eigenvalue weighted by atomic mass is 9.99. The molecule has 2 aromatic carbocycles. The zero-order valence-electron chi connectivity index (χ0n) is 20.3. The van der Waals surface area contributed by atoms with Crippen molar-refractivity contribution in [2.75, 3.05) is 0 Å². The lowest BCUT2D eigenvalue weighted by molar-refractivity contribution is 0.307. The average Bonchev–Trinajstić information content (AvgIpc) is 3.19. The van der Waals surface area contributed by atoms with Gasteiger partial charge in [-0.1, -0.05) is 48.9 Å². The second-order valence-corrected chi connectivity index (χ2v) is 10.3. The van der Waals surface area contributed by atoms with Crippen molar-refractivity contribution in [1.82, 2.24) is 9.55 Å². The van der Waals surface area contributed by atoms with Gasteiger partial charge in [0.25, 0.3) is 10.1 Å². The van der Waals surface area contributed by atoms with E-state index < -0.39 is 10.1 Å². The van der Waals surface area contributed by atoms with E-state index in [0.29, 0.717) is 29.7 Å². The number of hydrogen-bond donors (Lipinski definition) is 0. The molecule has 0 fully saturated rings. The van der Waals surface area contributed by atoms with Crippen LogP contribution in [0.2, 0.25) is 5.15 Å². The minimum atomic E-state index is -3.95. The van der Waals surface area contributed by atoms with E-state index in [1.54, 1.807) is 42.6 Å². The van der Waals surface area contributed by atoms with Gasteiger partial charge in [-0.3, -0.25) is 4.18 Å². The van der Waals surface area contributed by atoms with Gasteiger partial charge >= 0.3 is 0 Å². The van der Waals surface area contributed by atoms with Crippen LogP contribution in [0, 0.1) is 29.6 Å². The van der Waals surface area contributed by atoms with E-state index in [1.165, 1.54) is 12.1 Å². The second-order valence-electron chi connectivity index (χ2n) is 8.35. The van der Waals surface area contributed by atoms with Crippen LogP contribution in [-0.2, 0) is 33.9 Å². The largest absolute Gasteiger partial charge is 0.342 e. The third-order valence-corrected chi connectivity index (χ3v) is 7.71. The fourth-order valence-corrected chi connectivity index (χ4v) is 5.34. The molecule has 2 aromatic heterocycles. The Balaban J connectivity index is 1.66. The van der Waals surface area contributed by atoms with Crippen LogP contribution in [0.4, 0.5) is 0 Å². The van der Waals surface area contributed by atoms with Crippen molar-refractivity contribution < 1.29 is 12.6 Å². The van der Waals surface area contributed by atoms with Gasteiger partial charge in [-0.25, -0.2) is 4.98 Å². The Kier molecular flexibility index (Phi) is 7.75. The number of halogens is 1. The highest BCUT2D eigenvalue weighted by molar-refractivity contribution is 7.86. The average molecular weight is 531 g/mol. The maximum absolute atomic E-state index is 12.5. The Morgan fingerprint density at radius 3 is 2.38 bits per heavy atom. The van der Waals surface area contributed by atoms with Crippen molar-refractivity contribution in [3.05, 3.63) is 106 Å². The monoisotopic (exact) mass is 530 g/mol. The molecule has 0 unspecified atom stereocenters. The van der Waals surface area contributed by atoms with Crippen molar-refractivity contribution in [2.24, 2.45) is 0 Å². The fraction of sp³-hybridized carbons (Fsp3) is 0.179. The zero-order valence-corrected chi connectivity index (χ0v) is 21.8. The third-order valence-electron chi connectivity index (χ3n) is 6.09. The molecule has 4 rings (SSSR count). The quantitative estimate of drug-likeness (QED) is 0.211. The van der Waals surface area contributed by atoms with E-state index in [1.807, 2.05) is 26.0 Å². The van der Waals surface area contributed by atoms with E-state index >= 15 is 0 Å². The number of hydrogen-bond acceptors (Lipinski definition) is 6. The molecule has 0 radical (unpaired) electrons. The van der Waals surface area contributed by atoms with Crippen LogP contribution in [-0.4, -0.2) is 18.0 Å². The standard InChI is InChI=1S/C28H23ClN4O3S/c1-3-26-25(15-31)27(22-11-9-20(14-30)10-12-22)19(2)33(26)17-21-13-23(28(29)32-16-21)18-36-37(34,35)24-7-5-4-6-8-24/h4-13,16H,3,17-18H2,1-2H3. The minimum absolute atomic E-state index is 0.0603. The molecule has 0 aliphatic rings. The SMILES string of the molecule is CCc1c(C#N)c(-c2ccc(C#N)cc2)c(C)n1Cc1cnc(Cl)c(COS(=O)(=O)c2ccccc2)c1. The highest BCUT2D eigenvalue weighted by Gasteiger charge is 2.21. The molecule has 186 valence electrons. The van der Waals surface area contributed by atoms with Gasteiger partial charge in [0.2, 0.25) is 0 Å². The van der Waals surface area contributed by atoms with Crippen molar-refractivity contribution in [3.8, 4) is 23.3 Å². The number of nitrogens with zero attached hydrogens (tertiary/aromatic N) is 4. The molecule has 0 bridgehead atoms. The van der Waals surface area contributed by atoms with E-state index in [-0.39, 0.29) is 16.7 Å². The molecule has 0 aliphatic carbocycles. The molecular weight excluding hydrogens is 508 g/mol. The number of aromatic nitrogens is 2. The van der Waals surface area contributed by atoms with Crippen molar-refractivity contribution in [1.29, 1.82) is 10.5 Å². The molecular formula is C28H23ClN4O3S. The van der Waals surface area contributed by atoms with E-state index in [9.17, 15) is 13.7 Å². The molecule has 0 N–H and O–H groups in total. The Labute approximate surface area is 221 Å². The topological polar surface area (TPSA) is 109 Å². The molecule has 37 heavy (non-hydrogen) atoms. The molecule has 4 aromatic rings. The predicted octanol–water partition coefficient (Wildman–Crippen LogP) is 5.77. The summed E-state index contributed by atoms with van der Waals surface area (Å²) in [6.45, 7) is 4.08. The number of pyridine rings is 1. The molecule has 0 aliphatic heterocycles. The highest BCUT2D eigenvalue weighted by atomic mass is 35.5. The lowest BCUT2D eigenvalue weighted by Crippen LogP contribution is -2.09. The molecule has 0 spiro atoms. The van der Waals surface area contributed by atoms with Gasteiger partial charge in [-0.05, 0) is 54.8 Å². The second kappa shape index (κ2) is 11.0. The molecule has 0 saturated carbocycles. The van der Waals surface area contributed by atoms with Gasteiger partial charge in [-0.15, -0.1) is 0 Å². The van der Waals surface area contributed by atoms with Crippen LogP contribution in [0.15, 0.2) is 71.8 Å². The van der Waals surface area contributed by atoms with Gasteiger partial charge in [-0.2, -0.15) is 18.9 Å². The summed E-state index contributed by atoms with van der Waals surface area (Å²) < 4.78 is 32.4. The Hall–Kier alpha value is -3.95. The number of nitriles is 2. The van der Waals surface area contributed by atoms with Crippen molar-refractivity contribution in [2.45, 2.75) is 38.3 Å². The summed E-state index contributed by atoms with van der Waals surface area (Å²) >= 11 is 6.26. The van der Waals surface area contributed by atoms with E-state index in [2.05, 4.69) is 21.7 Å².